The average molecular weight is 419 g/mol. The predicted octanol–water partition coefficient (Wildman–Crippen LogP) is 3.67. The molecule has 29 heavy (non-hydrogen) atoms. The van der Waals surface area contributed by atoms with Crippen molar-refractivity contribution in [3.63, 3.8) is 0 Å². The van der Waals surface area contributed by atoms with Crippen molar-refractivity contribution in [2.24, 2.45) is 5.41 Å². The van der Waals surface area contributed by atoms with Crippen molar-refractivity contribution in [2.75, 3.05) is 44.6 Å². The van der Waals surface area contributed by atoms with Gasteiger partial charge in [0, 0.05) is 42.9 Å². The normalized spacial score (nSPS) is 27.6. The molecule has 3 heterocycles. The monoisotopic (exact) mass is 418 g/mol. The van der Waals surface area contributed by atoms with Crippen LogP contribution in [0.1, 0.15) is 39.0 Å². The van der Waals surface area contributed by atoms with Crippen LogP contribution in [0.4, 0.5) is 10.5 Å². The van der Waals surface area contributed by atoms with Crippen LogP contribution in [-0.4, -0.2) is 71.9 Å². The SMILES string of the molecule is CCN1CC[C@@]2(C(=O)N3CCCC3)CCN(C(=O)Nc3cccc(Cl)c3)CC[C@@H]12. The lowest BCUT2D eigenvalue weighted by Crippen LogP contribution is -2.50. The fourth-order valence-electron chi connectivity index (χ4n) is 5.43. The molecule has 0 aliphatic carbocycles. The highest BCUT2D eigenvalue weighted by atomic mass is 35.5. The lowest BCUT2D eigenvalue weighted by Gasteiger charge is -2.38. The molecule has 0 aromatic heterocycles. The molecule has 0 bridgehead atoms. The van der Waals surface area contributed by atoms with Gasteiger partial charge in [0.2, 0.25) is 5.91 Å². The molecule has 6 nitrogen and oxygen atoms in total. The van der Waals surface area contributed by atoms with Crippen LogP contribution in [0.25, 0.3) is 0 Å². The van der Waals surface area contributed by atoms with E-state index in [9.17, 15) is 9.59 Å². The number of fused-ring (bicyclic) bond motifs is 1. The van der Waals surface area contributed by atoms with Crippen molar-refractivity contribution in [2.45, 2.75) is 45.1 Å². The Morgan fingerprint density at radius 1 is 1.10 bits per heavy atom. The topological polar surface area (TPSA) is 55.9 Å². The Labute approximate surface area is 178 Å². The zero-order valence-electron chi connectivity index (χ0n) is 17.2. The van der Waals surface area contributed by atoms with Crippen LogP contribution < -0.4 is 5.32 Å². The van der Waals surface area contributed by atoms with Crippen molar-refractivity contribution in [1.29, 1.82) is 0 Å². The third-order valence-corrected chi connectivity index (χ3v) is 7.25. The lowest BCUT2D eigenvalue weighted by molar-refractivity contribution is -0.143. The molecule has 3 aliphatic heterocycles. The van der Waals surface area contributed by atoms with Crippen molar-refractivity contribution in [3.8, 4) is 0 Å². The molecule has 0 spiro atoms. The quantitative estimate of drug-likeness (QED) is 0.814. The molecule has 3 aliphatic rings. The Bertz CT molecular complexity index is 767. The van der Waals surface area contributed by atoms with Gasteiger partial charge in [0.1, 0.15) is 0 Å². The van der Waals surface area contributed by atoms with Crippen LogP contribution in [0.5, 0.6) is 0 Å². The summed E-state index contributed by atoms with van der Waals surface area (Å²) >= 11 is 6.04. The summed E-state index contributed by atoms with van der Waals surface area (Å²) in [7, 11) is 0. The summed E-state index contributed by atoms with van der Waals surface area (Å²) in [6.07, 6.45) is 4.71. The number of hydrogen-bond acceptors (Lipinski definition) is 3. The highest BCUT2D eigenvalue weighted by Crippen LogP contribution is 2.45. The summed E-state index contributed by atoms with van der Waals surface area (Å²) in [6.45, 7) is 7.16. The van der Waals surface area contributed by atoms with Crippen LogP contribution in [-0.2, 0) is 4.79 Å². The number of amides is 3. The van der Waals surface area contributed by atoms with E-state index in [1.54, 1.807) is 12.1 Å². The van der Waals surface area contributed by atoms with E-state index in [0.29, 0.717) is 29.7 Å². The molecule has 1 aromatic rings. The second kappa shape index (κ2) is 8.52. The van der Waals surface area contributed by atoms with Crippen LogP contribution in [0.15, 0.2) is 24.3 Å². The predicted molar refractivity (Wildman–Crippen MR) is 115 cm³/mol. The number of carbonyl (C=O) groups is 2. The Morgan fingerprint density at radius 3 is 2.59 bits per heavy atom. The van der Waals surface area contributed by atoms with E-state index >= 15 is 0 Å². The minimum atomic E-state index is -0.342. The average Bonchev–Trinajstić information content (AvgIpc) is 3.32. The highest BCUT2D eigenvalue weighted by Gasteiger charge is 2.54. The number of nitrogens with zero attached hydrogens (tertiary/aromatic N) is 3. The van der Waals surface area contributed by atoms with Gasteiger partial charge in [0.25, 0.3) is 0 Å². The van der Waals surface area contributed by atoms with Gasteiger partial charge in [-0.2, -0.15) is 0 Å². The number of anilines is 1. The maximum absolute atomic E-state index is 13.6. The number of urea groups is 1. The van der Waals surface area contributed by atoms with Crippen molar-refractivity contribution >= 4 is 29.2 Å². The molecule has 4 rings (SSSR count). The third-order valence-electron chi connectivity index (χ3n) is 7.01. The van der Waals surface area contributed by atoms with E-state index in [4.69, 9.17) is 11.6 Å². The number of hydrogen-bond donors (Lipinski definition) is 1. The van der Waals surface area contributed by atoms with E-state index in [1.165, 1.54) is 0 Å². The second-order valence-electron chi connectivity index (χ2n) is 8.52. The Morgan fingerprint density at radius 2 is 1.86 bits per heavy atom. The Kier molecular flexibility index (Phi) is 6.02. The van der Waals surface area contributed by atoms with Gasteiger partial charge in [-0.3, -0.25) is 9.69 Å². The minimum absolute atomic E-state index is 0.112. The standard InChI is InChI=1S/C22H31ClN4O2/c1-2-25-14-9-22(20(28)26-11-3-4-12-26)10-15-27(13-8-19(22)25)21(29)24-18-7-5-6-17(23)16-18/h5-7,16,19H,2-4,8-15H2,1H3,(H,24,29)/t19-,22-/m1/s1. The molecular formula is C22H31ClN4O2. The molecule has 0 unspecified atom stereocenters. The molecule has 3 fully saturated rings. The van der Waals surface area contributed by atoms with Gasteiger partial charge in [-0.25, -0.2) is 4.79 Å². The molecule has 1 aromatic carbocycles. The fraction of sp³-hybridized carbons (Fsp3) is 0.636. The molecule has 158 valence electrons. The summed E-state index contributed by atoms with van der Waals surface area (Å²) in [6, 6.07) is 7.32. The smallest absolute Gasteiger partial charge is 0.321 e. The number of rotatable bonds is 3. The van der Waals surface area contributed by atoms with Crippen molar-refractivity contribution < 1.29 is 9.59 Å². The van der Waals surface area contributed by atoms with Crippen LogP contribution in [0, 0.1) is 5.41 Å². The number of nitrogens with one attached hydrogen (secondary N) is 1. The van der Waals surface area contributed by atoms with E-state index in [2.05, 4.69) is 22.0 Å². The van der Waals surface area contributed by atoms with Crippen LogP contribution in [0.3, 0.4) is 0 Å². The van der Waals surface area contributed by atoms with Crippen LogP contribution in [0.2, 0.25) is 5.02 Å². The van der Waals surface area contributed by atoms with Gasteiger partial charge in [-0.1, -0.05) is 24.6 Å². The van der Waals surface area contributed by atoms with E-state index in [-0.39, 0.29) is 17.5 Å². The fourth-order valence-corrected chi connectivity index (χ4v) is 5.62. The molecule has 0 saturated carbocycles. The summed E-state index contributed by atoms with van der Waals surface area (Å²) in [5.74, 6) is 0.327. The highest BCUT2D eigenvalue weighted by molar-refractivity contribution is 6.30. The molecule has 2 atom stereocenters. The van der Waals surface area contributed by atoms with E-state index in [0.717, 1.165) is 58.3 Å². The van der Waals surface area contributed by atoms with Crippen LogP contribution >= 0.6 is 11.6 Å². The summed E-state index contributed by atoms with van der Waals surface area (Å²) in [5.41, 5.74) is 0.357. The van der Waals surface area contributed by atoms with E-state index in [1.807, 2.05) is 17.0 Å². The summed E-state index contributed by atoms with van der Waals surface area (Å²) < 4.78 is 0. The number of halogens is 1. The molecular weight excluding hydrogens is 388 g/mol. The number of likely N-dealkylation sites (tertiary alicyclic amines) is 3. The van der Waals surface area contributed by atoms with Gasteiger partial charge in [0.05, 0.1) is 5.41 Å². The first-order valence-electron chi connectivity index (χ1n) is 10.9. The van der Waals surface area contributed by atoms with Gasteiger partial charge in [0.15, 0.2) is 0 Å². The van der Waals surface area contributed by atoms with E-state index < -0.39 is 0 Å². The molecule has 3 saturated heterocycles. The minimum Gasteiger partial charge on any atom is -0.342 e. The first-order valence-corrected chi connectivity index (χ1v) is 11.3. The largest absolute Gasteiger partial charge is 0.342 e. The summed E-state index contributed by atoms with van der Waals surface area (Å²) in [4.78, 5) is 32.9. The zero-order valence-corrected chi connectivity index (χ0v) is 18.0. The Balaban J connectivity index is 1.50. The second-order valence-corrected chi connectivity index (χ2v) is 8.95. The number of carbonyl (C=O) groups excluding carboxylic acids is 2. The molecule has 1 N–H and O–H groups in total. The van der Waals surface area contributed by atoms with Gasteiger partial charge < -0.3 is 15.1 Å². The number of benzene rings is 1. The first-order chi connectivity index (χ1) is 14.0. The van der Waals surface area contributed by atoms with Crippen molar-refractivity contribution in [1.82, 2.24) is 14.7 Å². The van der Waals surface area contributed by atoms with Crippen molar-refractivity contribution in [3.05, 3.63) is 29.3 Å². The molecule has 3 amide bonds. The maximum Gasteiger partial charge on any atom is 0.321 e. The summed E-state index contributed by atoms with van der Waals surface area (Å²) in [5, 5.41) is 3.56. The first kappa shape index (κ1) is 20.5. The lowest BCUT2D eigenvalue weighted by atomic mass is 9.75. The van der Waals surface area contributed by atoms with Gasteiger partial charge in [-0.15, -0.1) is 0 Å². The molecule has 7 heteroatoms. The zero-order chi connectivity index (χ0) is 20.4. The Hall–Kier alpha value is -1.79. The van der Waals surface area contributed by atoms with Gasteiger partial charge in [-0.05, 0) is 63.4 Å². The third kappa shape index (κ3) is 3.97. The molecule has 0 radical (unpaired) electrons. The van der Waals surface area contributed by atoms with Gasteiger partial charge >= 0.3 is 6.03 Å². The maximum atomic E-state index is 13.6.